The minimum absolute atomic E-state index is 1.04. The second-order valence-electron chi connectivity index (χ2n) is 3.16. The number of hydrazine groups is 1. The molecule has 0 fully saturated rings. The van der Waals surface area contributed by atoms with Gasteiger partial charge in [0.15, 0.2) is 0 Å². The first-order valence-corrected chi connectivity index (χ1v) is 4.80. The first-order chi connectivity index (χ1) is 6.29. The van der Waals surface area contributed by atoms with E-state index in [0.29, 0.717) is 0 Å². The lowest BCUT2D eigenvalue weighted by molar-refractivity contribution is 0.684. The number of aryl methyl sites for hydroxylation is 1. The molecule has 2 nitrogen and oxygen atoms in total. The summed E-state index contributed by atoms with van der Waals surface area (Å²) in [6, 6.07) is 8.41. The van der Waals surface area contributed by atoms with Gasteiger partial charge in [-0.2, -0.15) is 0 Å². The lowest BCUT2D eigenvalue weighted by Crippen LogP contribution is -2.36. The number of rotatable bonds is 4. The molecule has 0 aliphatic heterocycles. The Kier molecular flexibility index (Phi) is 3.77. The average molecular weight is 178 g/mol. The zero-order valence-corrected chi connectivity index (χ0v) is 8.67. The van der Waals surface area contributed by atoms with Crippen molar-refractivity contribution in [1.82, 2.24) is 5.43 Å². The van der Waals surface area contributed by atoms with Crippen molar-refractivity contribution in [2.75, 3.05) is 18.6 Å². The van der Waals surface area contributed by atoms with E-state index in [1.165, 1.54) is 11.3 Å². The number of hydrogen-bond acceptors (Lipinski definition) is 2. The predicted octanol–water partition coefficient (Wildman–Crippen LogP) is 2.35. The van der Waals surface area contributed by atoms with E-state index in [0.717, 1.165) is 13.0 Å². The van der Waals surface area contributed by atoms with E-state index in [-0.39, 0.29) is 0 Å². The van der Waals surface area contributed by atoms with Gasteiger partial charge in [-0.15, -0.1) is 0 Å². The van der Waals surface area contributed by atoms with Crippen LogP contribution < -0.4 is 10.4 Å². The third-order valence-corrected chi connectivity index (χ3v) is 2.12. The van der Waals surface area contributed by atoms with Crippen LogP contribution >= 0.6 is 0 Å². The molecule has 0 atom stereocenters. The summed E-state index contributed by atoms with van der Waals surface area (Å²) in [5.74, 6) is 0. The molecule has 0 bridgehead atoms. The molecule has 1 aromatic rings. The maximum absolute atomic E-state index is 3.19. The molecule has 0 saturated heterocycles. The average Bonchev–Trinajstić information content (AvgIpc) is 2.16. The van der Waals surface area contributed by atoms with Crippen molar-refractivity contribution in [1.29, 1.82) is 0 Å². The van der Waals surface area contributed by atoms with Crippen LogP contribution in [0.15, 0.2) is 24.3 Å². The van der Waals surface area contributed by atoms with Crippen molar-refractivity contribution in [3.05, 3.63) is 29.8 Å². The summed E-state index contributed by atoms with van der Waals surface area (Å²) in [7, 11) is 1.96. The highest BCUT2D eigenvalue weighted by Gasteiger charge is 2.04. The van der Waals surface area contributed by atoms with Gasteiger partial charge in [-0.3, -0.25) is 0 Å². The molecule has 0 amide bonds. The van der Waals surface area contributed by atoms with E-state index in [9.17, 15) is 0 Å². The maximum Gasteiger partial charge on any atom is 0.0548 e. The highest BCUT2D eigenvalue weighted by atomic mass is 15.5. The van der Waals surface area contributed by atoms with Crippen LogP contribution in [0.25, 0.3) is 0 Å². The number of nitrogens with one attached hydrogen (secondary N) is 1. The van der Waals surface area contributed by atoms with E-state index >= 15 is 0 Å². The third kappa shape index (κ3) is 2.46. The molecular formula is C11H18N2. The second-order valence-corrected chi connectivity index (χ2v) is 3.16. The summed E-state index contributed by atoms with van der Waals surface area (Å²) in [5, 5.41) is 2.18. The quantitative estimate of drug-likeness (QED) is 0.712. The van der Waals surface area contributed by atoms with Crippen LogP contribution in [0.2, 0.25) is 0 Å². The standard InChI is InChI=1S/C11H18N2/c1-4-9-13(12-3)11-8-6-5-7-10(11)2/h5-8,12H,4,9H2,1-3H3. The molecule has 0 spiro atoms. The van der Waals surface area contributed by atoms with E-state index < -0.39 is 0 Å². The second kappa shape index (κ2) is 4.87. The normalized spacial score (nSPS) is 10.1. The topological polar surface area (TPSA) is 15.3 Å². The Bertz CT molecular complexity index is 258. The lowest BCUT2D eigenvalue weighted by atomic mass is 10.2. The molecule has 1 rings (SSSR count). The van der Waals surface area contributed by atoms with E-state index in [2.05, 4.69) is 48.5 Å². The molecule has 2 heteroatoms. The van der Waals surface area contributed by atoms with Crippen molar-refractivity contribution in [3.8, 4) is 0 Å². The van der Waals surface area contributed by atoms with Crippen molar-refractivity contribution in [2.45, 2.75) is 20.3 Å². The number of hydrogen-bond donors (Lipinski definition) is 1. The molecule has 1 N–H and O–H groups in total. The zero-order chi connectivity index (χ0) is 9.68. The maximum atomic E-state index is 3.19. The van der Waals surface area contributed by atoms with Crippen LogP contribution in [-0.4, -0.2) is 13.6 Å². The van der Waals surface area contributed by atoms with Gasteiger partial charge in [0, 0.05) is 13.6 Å². The smallest absolute Gasteiger partial charge is 0.0548 e. The third-order valence-electron chi connectivity index (χ3n) is 2.12. The highest BCUT2D eigenvalue weighted by Crippen LogP contribution is 2.17. The minimum Gasteiger partial charge on any atom is -0.308 e. The van der Waals surface area contributed by atoms with Crippen molar-refractivity contribution in [2.24, 2.45) is 0 Å². The molecule has 0 aliphatic carbocycles. The van der Waals surface area contributed by atoms with Crippen LogP contribution in [0.1, 0.15) is 18.9 Å². The van der Waals surface area contributed by atoms with Crippen LogP contribution in [0, 0.1) is 6.92 Å². The minimum atomic E-state index is 1.04. The molecule has 0 unspecified atom stereocenters. The van der Waals surface area contributed by atoms with Crippen LogP contribution in [0.3, 0.4) is 0 Å². The van der Waals surface area contributed by atoms with Crippen LogP contribution in [-0.2, 0) is 0 Å². The fourth-order valence-electron chi connectivity index (χ4n) is 1.44. The van der Waals surface area contributed by atoms with Crippen molar-refractivity contribution < 1.29 is 0 Å². The number of para-hydroxylation sites is 1. The van der Waals surface area contributed by atoms with Gasteiger partial charge < -0.3 is 5.01 Å². The molecule has 1 aromatic carbocycles. The van der Waals surface area contributed by atoms with Gasteiger partial charge in [0.05, 0.1) is 5.69 Å². The summed E-state index contributed by atoms with van der Waals surface area (Å²) < 4.78 is 0. The molecular weight excluding hydrogens is 160 g/mol. The number of anilines is 1. The monoisotopic (exact) mass is 178 g/mol. The van der Waals surface area contributed by atoms with E-state index in [1.54, 1.807) is 0 Å². The summed E-state index contributed by atoms with van der Waals surface area (Å²) in [5.41, 5.74) is 5.77. The van der Waals surface area contributed by atoms with Gasteiger partial charge in [0.1, 0.15) is 0 Å². The predicted molar refractivity (Wildman–Crippen MR) is 57.9 cm³/mol. The van der Waals surface area contributed by atoms with E-state index in [4.69, 9.17) is 0 Å². The molecule has 0 saturated carbocycles. The lowest BCUT2D eigenvalue weighted by Gasteiger charge is -2.24. The first-order valence-electron chi connectivity index (χ1n) is 4.80. The Morgan fingerprint density at radius 3 is 2.54 bits per heavy atom. The SMILES string of the molecule is CCCN(NC)c1ccccc1C. The molecule has 0 heterocycles. The fraction of sp³-hybridized carbons (Fsp3) is 0.455. The Morgan fingerprint density at radius 1 is 1.31 bits per heavy atom. The van der Waals surface area contributed by atoms with Crippen LogP contribution in [0.4, 0.5) is 5.69 Å². The molecule has 0 radical (unpaired) electrons. The molecule has 0 aromatic heterocycles. The Morgan fingerprint density at radius 2 is 2.00 bits per heavy atom. The summed E-state index contributed by atoms with van der Waals surface area (Å²) in [4.78, 5) is 0. The highest BCUT2D eigenvalue weighted by molar-refractivity contribution is 5.51. The molecule has 0 aliphatic rings. The van der Waals surface area contributed by atoms with E-state index in [1.807, 2.05) is 7.05 Å². The van der Waals surface area contributed by atoms with Crippen molar-refractivity contribution in [3.63, 3.8) is 0 Å². The van der Waals surface area contributed by atoms with Gasteiger partial charge >= 0.3 is 0 Å². The van der Waals surface area contributed by atoms with Gasteiger partial charge in [-0.25, -0.2) is 5.43 Å². The largest absolute Gasteiger partial charge is 0.308 e. The summed E-state index contributed by atoms with van der Waals surface area (Å²) >= 11 is 0. The van der Waals surface area contributed by atoms with Gasteiger partial charge in [-0.05, 0) is 25.0 Å². The van der Waals surface area contributed by atoms with Crippen molar-refractivity contribution >= 4 is 5.69 Å². The van der Waals surface area contributed by atoms with Crippen LogP contribution in [0.5, 0.6) is 0 Å². The number of benzene rings is 1. The van der Waals surface area contributed by atoms with Gasteiger partial charge in [0.25, 0.3) is 0 Å². The first kappa shape index (κ1) is 10.1. The summed E-state index contributed by atoms with van der Waals surface area (Å²) in [6.07, 6.45) is 1.15. The molecule has 72 valence electrons. The van der Waals surface area contributed by atoms with Gasteiger partial charge in [-0.1, -0.05) is 25.1 Å². The number of nitrogens with zero attached hydrogens (tertiary/aromatic N) is 1. The Hall–Kier alpha value is -1.02. The Balaban J connectivity index is 2.84. The van der Waals surface area contributed by atoms with Gasteiger partial charge in [0.2, 0.25) is 0 Å². The Labute approximate surface area is 80.5 Å². The summed E-state index contributed by atoms with van der Waals surface area (Å²) in [6.45, 7) is 5.36. The zero-order valence-electron chi connectivity index (χ0n) is 8.67. The molecule has 13 heavy (non-hydrogen) atoms. The fourth-order valence-corrected chi connectivity index (χ4v) is 1.44.